The number of alkyl halides is 3. The number of hydrogen-bond donors (Lipinski definition) is 1. The second-order valence-corrected chi connectivity index (χ2v) is 4.69. The molecular formula is C10H16ClF3N2O. The molecule has 1 amide bonds. The van der Waals surface area contributed by atoms with Crippen molar-refractivity contribution in [3.05, 3.63) is 0 Å². The van der Waals surface area contributed by atoms with Crippen LogP contribution in [0.3, 0.4) is 0 Å². The van der Waals surface area contributed by atoms with Gasteiger partial charge in [-0.3, -0.25) is 4.79 Å². The predicted molar refractivity (Wildman–Crippen MR) is 59.0 cm³/mol. The van der Waals surface area contributed by atoms with Crippen molar-refractivity contribution in [1.29, 1.82) is 0 Å². The molecule has 100 valence electrons. The lowest BCUT2D eigenvalue weighted by Crippen LogP contribution is -2.55. The van der Waals surface area contributed by atoms with E-state index in [0.717, 1.165) is 0 Å². The molecule has 0 unspecified atom stereocenters. The number of rotatable bonds is 1. The van der Waals surface area contributed by atoms with E-state index in [2.05, 4.69) is 5.32 Å². The first-order valence-electron chi connectivity index (χ1n) is 5.46. The van der Waals surface area contributed by atoms with Crippen LogP contribution in [0, 0.1) is 5.41 Å². The largest absolute Gasteiger partial charge is 0.403 e. The summed E-state index contributed by atoms with van der Waals surface area (Å²) < 4.78 is 38.2. The molecule has 17 heavy (non-hydrogen) atoms. The van der Waals surface area contributed by atoms with Crippen molar-refractivity contribution in [1.82, 2.24) is 10.2 Å². The van der Waals surface area contributed by atoms with Crippen molar-refractivity contribution >= 4 is 18.3 Å². The number of amides is 1. The fourth-order valence-corrected chi connectivity index (χ4v) is 2.16. The van der Waals surface area contributed by atoms with Crippen LogP contribution in [0.15, 0.2) is 0 Å². The number of piperazine rings is 1. The normalized spacial score (nSPS) is 27.3. The summed E-state index contributed by atoms with van der Waals surface area (Å²) in [5, 5.41) is 3.10. The minimum atomic E-state index is -4.39. The van der Waals surface area contributed by atoms with Gasteiger partial charge in [0.2, 0.25) is 5.91 Å². The topological polar surface area (TPSA) is 32.3 Å². The first kappa shape index (κ1) is 14.6. The van der Waals surface area contributed by atoms with Crippen LogP contribution in [0.5, 0.6) is 0 Å². The lowest BCUT2D eigenvalue weighted by atomic mass is 10.0. The molecule has 0 bridgehead atoms. The van der Waals surface area contributed by atoms with E-state index in [4.69, 9.17) is 0 Å². The molecule has 1 aliphatic heterocycles. The highest BCUT2D eigenvalue weighted by Gasteiger charge is 2.69. The van der Waals surface area contributed by atoms with Crippen molar-refractivity contribution in [2.24, 2.45) is 5.41 Å². The van der Waals surface area contributed by atoms with Crippen LogP contribution in [-0.4, -0.2) is 42.7 Å². The van der Waals surface area contributed by atoms with Gasteiger partial charge in [-0.2, -0.15) is 13.2 Å². The maximum atomic E-state index is 12.7. The fraction of sp³-hybridized carbons (Fsp3) is 0.900. The van der Waals surface area contributed by atoms with E-state index in [1.165, 1.54) is 4.90 Å². The first-order valence-corrected chi connectivity index (χ1v) is 5.46. The lowest BCUT2D eigenvalue weighted by Gasteiger charge is -2.35. The maximum Gasteiger partial charge on any atom is 0.403 e. The quantitative estimate of drug-likeness (QED) is 0.786. The second-order valence-electron chi connectivity index (χ2n) is 4.69. The molecule has 1 atom stereocenters. The van der Waals surface area contributed by atoms with Gasteiger partial charge in [0.05, 0.1) is 0 Å². The summed E-state index contributed by atoms with van der Waals surface area (Å²) in [6, 6.07) is 0.0710. The van der Waals surface area contributed by atoms with Gasteiger partial charge in [0.25, 0.3) is 0 Å². The summed E-state index contributed by atoms with van der Waals surface area (Å²) in [7, 11) is 0. The Morgan fingerprint density at radius 1 is 1.41 bits per heavy atom. The molecular weight excluding hydrogens is 257 g/mol. The maximum absolute atomic E-state index is 12.7. The van der Waals surface area contributed by atoms with Crippen LogP contribution < -0.4 is 5.32 Å². The average Bonchev–Trinajstić information content (AvgIpc) is 2.96. The Morgan fingerprint density at radius 3 is 2.41 bits per heavy atom. The first-order chi connectivity index (χ1) is 7.37. The predicted octanol–water partition coefficient (Wildman–Crippen LogP) is 1.57. The van der Waals surface area contributed by atoms with Crippen molar-refractivity contribution in [2.75, 3.05) is 19.6 Å². The number of hydrogen-bond acceptors (Lipinski definition) is 2. The van der Waals surface area contributed by atoms with Crippen LogP contribution in [0.1, 0.15) is 19.8 Å². The molecule has 0 aromatic rings. The Balaban J connectivity index is 0.00000144. The van der Waals surface area contributed by atoms with Gasteiger partial charge in [0, 0.05) is 25.7 Å². The van der Waals surface area contributed by atoms with Gasteiger partial charge in [-0.1, -0.05) is 0 Å². The van der Waals surface area contributed by atoms with Crippen molar-refractivity contribution in [3.63, 3.8) is 0 Å². The standard InChI is InChI=1S/C10H15F3N2O.ClH/c1-7-6-15(5-4-14-7)8(16)9(2-3-9)10(11,12)13;/h7,14H,2-6H2,1H3;1H/t7-;/m0./s1. The third kappa shape index (κ3) is 2.52. The molecule has 0 radical (unpaired) electrons. The van der Waals surface area contributed by atoms with E-state index < -0.39 is 17.5 Å². The number of nitrogens with zero attached hydrogens (tertiary/aromatic N) is 1. The highest BCUT2D eigenvalue weighted by atomic mass is 35.5. The average molecular weight is 273 g/mol. The Kier molecular flexibility index (Phi) is 3.98. The van der Waals surface area contributed by atoms with Gasteiger partial charge < -0.3 is 10.2 Å². The van der Waals surface area contributed by atoms with E-state index in [1.807, 2.05) is 6.92 Å². The van der Waals surface area contributed by atoms with Crippen molar-refractivity contribution in [2.45, 2.75) is 32.0 Å². The van der Waals surface area contributed by atoms with Gasteiger partial charge in [0.15, 0.2) is 0 Å². The highest BCUT2D eigenvalue weighted by molar-refractivity contribution is 5.86. The monoisotopic (exact) mass is 272 g/mol. The summed E-state index contributed by atoms with van der Waals surface area (Å²) in [6.45, 7) is 3.19. The summed E-state index contributed by atoms with van der Waals surface area (Å²) >= 11 is 0. The van der Waals surface area contributed by atoms with Gasteiger partial charge in [-0.05, 0) is 19.8 Å². The Hall–Kier alpha value is -0.490. The Morgan fingerprint density at radius 2 is 2.00 bits per heavy atom. The van der Waals surface area contributed by atoms with Gasteiger partial charge in [0.1, 0.15) is 5.41 Å². The van der Waals surface area contributed by atoms with Crippen LogP contribution in [0.2, 0.25) is 0 Å². The molecule has 1 aliphatic carbocycles. The van der Waals surface area contributed by atoms with Crippen LogP contribution in [0.25, 0.3) is 0 Å². The van der Waals surface area contributed by atoms with E-state index in [9.17, 15) is 18.0 Å². The SMILES string of the molecule is C[C@H]1CN(C(=O)C2(C(F)(F)F)CC2)CCN1.Cl. The van der Waals surface area contributed by atoms with Crippen LogP contribution >= 0.6 is 12.4 Å². The van der Waals surface area contributed by atoms with E-state index in [0.29, 0.717) is 19.6 Å². The third-order valence-corrected chi connectivity index (χ3v) is 3.36. The summed E-state index contributed by atoms with van der Waals surface area (Å²) in [5.41, 5.74) is -2.05. The zero-order valence-electron chi connectivity index (χ0n) is 9.51. The van der Waals surface area contributed by atoms with Crippen molar-refractivity contribution in [3.8, 4) is 0 Å². The molecule has 1 N–H and O–H groups in total. The molecule has 2 aliphatic rings. The molecule has 3 nitrogen and oxygen atoms in total. The number of carbonyl (C=O) groups is 1. The molecule has 0 aromatic carbocycles. The molecule has 7 heteroatoms. The number of carbonyl (C=O) groups excluding carboxylic acids is 1. The molecule has 0 spiro atoms. The number of halogens is 4. The minimum absolute atomic E-state index is 0. The zero-order valence-corrected chi connectivity index (χ0v) is 10.3. The van der Waals surface area contributed by atoms with Gasteiger partial charge in [-0.25, -0.2) is 0 Å². The van der Waals surface area contributed by atoms with Gasteiger partial charge in [-0.15, -0.1) is 12.4 Å². The van der Waals surface area contributed by atoms with E-state index >= 15 is 0 Å². The Labute approximate surface area is 104 Å². The van der Waals surface area contributed by atoms with Crippen molar-refractivity contribution < 1.29 is 18.0 Å². The van der Waals surface area contributed by atoms with E-state index in [-0.39, 0.29) is 31.3 Å². The molecule has 1 heterocycles. The molecule has 0 aromatic heterocycles. The minimum Gasteiger partial charge on any atom is -0.339 e. The molecule has 1 saturated carbocycles. The Bertz CT molecular complexity index is 304. The molecule has 2 rings (SSSR count). The van der Waals surface area contributed by atoms with Crippen LogP contribution in [-0.2, 0) is 4.79 Å². The fourth-order valence-electron chi connectivity index (χ4n) is 2.16. The lowest BCUT2D eigenvalue weighted by molar-refractivity contribution is -0.199. The zero-order chi connectivity index (χ0) is 12.0. The highest BCUT2D eigenvalue weighted by Crippen LogP contribution is 2.58. The van der Waals surface area contributed by atoms with Gasteiger partial charge >= 0.3 is 6.18 Å². The molecule has 2 fully saturated rings. The summed E-state index contributed by atoms with van der Waals surface area (Å²) in [4.78, 5) is 13.2. The van der Waals surface area contributed by atoms with E-state index in [1.54, 1.807) is 0 Å². The summed E-state index contributed by atoms with van der Waals surface area (Å²) in [6.07, 6.45) is -4.49. The third-order valence-electron chi connectivity index (χ3n) is 3.36. The molecule has 1 saturated heterocycles. The second kappa shape index (κ2) is 4.65. The van der Waals surface area contributed by atoms with Crippen LogP contribution in [0.4, 0.5) is 13.2 Å². The summed E-state index contributed by atoms with van der Waals surface area (Å²) in [5.74, 6) is -0.728. The number of nitrogens with one attached hydrogen (secondary N) is 1. The smallest absolute Gasteiger partial charge is 0.339 e.